The Morgan fingerprint density at radius 2 is 0.818 bits per heavy atom. The summed E-state index contributed by atoms with van der Waals surface area (Å²) < 4.78 is 44.1. The van der Waals surface area contributed by atoms with E-state index in [0.29, 0.717) is 105 Å². The van der Waals surface area contributed by atoms with Gasteiger partial charge in [0, 0.05) is 46.8 Å². The summed E-state index contributed by atoms with van der Waals surface area (Å²) in [6, 6.07) is 0. The van der Waals surface area contributed by atoms with Crippen LogP contribution in [0.5, 0.6) is 0 Å². The van der Waals surface area contributed by atoms with Crippen molar-refractivity contribution < 1.29 is 47.5 Å². The van der Waals surface area contributed by atoms with Gasteiger partial charge in [0.1, 0.15) is 17.8 Å². The molecule has 258 valence electrons. The molecule has 0 aromatic rings. The number of amides is 2. The third kappa shape index (κ3) is 27.4. The summed E-state index contributed by atoms with van der Waals surface area (Å²) >= 11 is 0. The Hall–Kier alpha value is -2.18. The van der Waals surface area contributed by atoms with Gasteiger partial charge in [-0.3, -0.25) is 4.90 Å². The zero-order chi connectivity index (χ0) is 33.3. The van der Waals surface area contributed by atoms with E-state index in [1.165, 1.54) is 9.80 Å². The quantitative estimate of drug-likeness (QED) is 0.109. The van der Waals surface area contributed by atoms with Crippen molar-refractivity contribution in [2.24, 2.45) is 0 Å². The Labute approximate surface area is 265 Å². The average Bonchev–Trinajstić information content (AvgIpc) is 2.92. The largest absolute Gasteiger partial charge is 0.444 e. The Morgan fingerprint density at radius 3 is 1.16 bits per heavy atom. The van der Waals surface area contributed by atoms with Crippen LogP contribution in [-0.4, -0.2) is 164 Å². The molecule has 0 aliphatic rings. The number of rotatable bonds is 25. The van der Waals surface area contributed by atoms with Crippen LogP contribution in [0.2, 0.25) is 0 Å². The number of ether oxygens (including phenoxy) is 8. The van der Waals surface area contributed by atoms with Gasteiger partial charge in [-0.05, 0) is 41.5 Å². The molecule has 0 bridgehead atoms. The fourth-order valence-electron chi connectivity index (χ4n) is 3.18. The van der Waals surface area contributed by atoms with Crippen LogP contribution in [0.1, 0.15) is 41.5 Å². The zero-order valence-electron chi connectivity index (χ0n) is 28.5. The van der Waals surface area contributed by atoms with Crippen LogP contribution in [0.4, 0.5) is 9.59 Å². The second-order valence-corrected chi connectivity index (χ2v) is 12.0. The summed E-state index contributed by atoms with van der Waals surface area (Å²) in [5.74, 6) is 2.40. The van der Waals surface area contributed by atoms with Crippen LogP contribution >= 0.6 is 0 Å². The van der Waals surface area contributed by atoms with Gasteiger partial charge in [0.05, 0.1) is 72.7 Å². The van der Waals surface area contributed by atoms with Gasteiger partial charge in [-0.25, -0.2) is 9.59 Å². The lowest BCUT2D eigenvalue weighted by molar-refractivity contribution is -0.00404. The molecule has 0 unspecified atom stereocenters. The SMILES string of the molecule is C#CCOCCOCCOCCOCCN(CCOCCN(C)C(=O)OC(C)(C)C)CCOCCN(C)C(=O)OC(C)(C)C. The Balaban J connectivity index is 4.33. The maximum atomic E-state index is 12.1. The van der Waals surface area contributed by atoms with Crippen LogP contribution in [0.25, 0.3) is 0 Å². The van der Waals surface area contributed by atoms with E-state index in [-0.39, 0.29) is 18.8 Å². The smallest absolute Gasteiger partial charge is 0.410 e. The maximum absolute atomic E-state index is 12.1. The van der Waals surface area contributed by atoms with Gasteiger partial charge < -0.3 is 47.7 Å². The predicted octanol–water partition coefficient (Wildman–Crippen LogP) is 2.76. The molecule has 0 saturated carbocycles. The molecule has 0 heterocycles. The van der Waals surface area contributed by atoms with Gasteiger partial charge in [-0.1, -0.05) is 5.92 Å². The highest BCUT2D eigenvalue weighted by Gasteiger charge is 2.20. The third-order valence-corrected chi connectivity index (χ3v) is 5.51. The predicted molar refractivity (Wildman–Crippen MR) is 168 cm³/mol. The number of hydrogen-bond acceptors (Lipinski definition) is 11. The fourth-order valence-corrected chi connectivity index (χ4v) is 3.18. The molecule has 0 spiro atoms. The first kappa shape index (κ1) is 41.8. The van der Waals surface area contributed by atoms with Gasteiger partial charge in [-0.2, -0.15) is 0 Å². The van der Waals surface area contributed by atoms with Crippen LogP contribution in [-0.2, 0) is 37.9 Å². The molecule has 0 radical (unpaired) electrons. The van der Waals surface area contributed by atoms with Crippen LogP contribution in [0.15, 0.2) is 0 Å². The molecule has 0 aromatic carbocycles. The first-order valence-corrected chi connectivity index (χ1v) is 15.3. The molecule has 0 N–H and O–H groups in total. The van der Waals surface area contributed by atoms with E-state index < -0.39 is 11.2 Å². The second-order valence-electron chi connectivity index (χ2n) is 12.0. The first-order valence-electron chi connectivity index (χ1n) is 15.3. The van der Waals surface area contributed by atoms with Crippen molar-refractivity contribution >= 4 is 12.2 Å². The molecule has 44 heavy (non-hydrogen) atoms. The van der Waals surface area contributed by atoms with Gasteiger partial charge in [0.25, 0.3) is 0 Å². The lowest BCUT2D eigenvalue weighted by Gasteiger charge is -2.25. The van der Waals surface area contributed by atoms with Crippen molar-refractivity contribution in [3.05, 3.63) is 0 Å². The number of nitrogens with zero attached hydrogens (tertiary/aromatic N) is 3. The van der Waals surface area contributed by atoms with Crippen molar-refractivity contribution in [3.8, 4) is 12.3 Å². The van der Waals surface area contributed by atoms with Gasteiger partial charge in [0.15, 0.2) is 0 Å². The van der Waals surface area contributed by atoms with E-state index in [4.69, 9.17) is 44.3 Å². The Bertz CT molecular complexity index is 736. The summed E-state index contributed by atoms with van der Waals surface area (Å²) in [7, 11) is 3.38. The summed E-state index contributed by atoms with van der Waals surface area (Å²) in [6.45, 7) is 19.3. The van der Waals surface area contributed by atoms with Crippen LogP contribution in [0.3, 0.4) is 0 Å². The van der Waals surface area contributed by atoms with Crippen molar-refractivity contribution in [3.63, 3.8) is 0 Å². The molecular weight excluding hydrogens is 574 g/mol. The van der Waals surface area contributed by atoms with E-state index in [0.717, 1.165) is 0 Å². The zero-order valence-corrected chi connectivity index (χ0v) is 28.5. The number of hydrogen-bond donors (Lipinski definition) is 0. The molecule has 0 atom stereocenters. The van der Waals surface area contributed by atoms with Crippen molar-refractivity contribution in [1.82, 2.24) is 14.7 Å². The van der Waals surface area contributed by atoms with E-state index in [1.807, 2.05) is 41.5 Å². The molecular formula is C31H59N3O10. The Kier molecular flexibility index (Phi) is 23.8. The summed E-state index contributed by atoms with van der Waals surface area (Å²) in [4.78, 5) is 29.4. The lowest BCUT2D eigenvalue weighted by Crippen LogP contribution is -2.37. The van der Waals surface area contributed by atoms with Gasteiger partial charge in [0.2, 0.25) is 0 Å². The minimum absolute atomic E-state index is 0.287. The highest BCUT2D eigenvalue weighted by atomic mass is 16.6. The number of carbonyl (C=O) groups is 2. The van der Waals surface area contributed by atoms with Crippen molar-refractivity contribution in [2.45, 2.75) is 52.7 Å². The first-order chi connectivity index (χ1) is 20.7. The van der Waals surface area contributed by atoms with Gasteiger partial charge in [-0.15, -0.1) is 6.42 Å². The molecule has 2 amide bonds. The number of terminal acetylenes is 1. The molecule has 0 rings (SSSR count). The summed E-state index contributed by atoms with van der Waals surface area (Å²) in [6.07, 6.45) is 4.36. The molecule has 13 heteroatoms. The molecule has 0 saturated heterocycles. The highest BCUT2D eigenvalue weighted by molar-refractivity contribution is 5.68. The van der Waals surface area contributed by atoms with E-state index in [9.17, 15) is 9.59 Å². The minimum atomic E-state index is -0.541. The van der Waals surface area contributed by atoms with E-state index >= 15 is 0 Å². The summed E-state index contributed by atoms with van der Waals surface area (Å²) in [5, 5.41) is 0. The lowest BCUT2D eigenvalue weighted by atomic mass is 10.2. The van der Waals surface area contributed by atoms with Gasteiger partial charge >= 0.3 is 12.2 Å². The topological polar surface area (TPSA) is 118 Å². The molecule has 0 aromatic heterocycles. The Morgan fingerprint density at radius 1 is 0.523 bits per heavy atom. The second kappa shape index (κ2) is 25.1. The fraction of sp³-hybridized carbons (Fsp3) is 0.871. The van der Waals surface area contributed by atoms with Crippen LogP contribution < -0.4 is 0 Å². The van der Waals surface area contributed by atoms with E-state index in [2.05, 4.69) is 10.8 Å². The van der Waals surface area contributed by atoms with E-state index in [1.54, 1.807) is 14.1 Å². The van der Waals surface area contributed by atoms with Crippen molar-refractivity contribution in [1.29, 1.82) is 0 Å². The highest BCUT2D eigenvalue weighted by Crippen LogP contribution is 2.09. The minimum Gasteiger partial charge on any atom is -0.444 e. The van der Waals surface area contributed by atoms with Crippen molar-refractivity contribution in [2.75, 3.05) is 126 Å². The maximum Gasteiger partial charge on any atom is 0.410 e. The molecule has 0 fully saturated rings. The standard InChI is InChI=1S/C31H59N3O10/c1-10-16-37-22-24-41-26-27-42-25-23-40-21-15-34(13-19-38-17-11-32(8)28(35)43-30(2,3)4)14-20-39-18-12-33(9)29(36)44-31(5,6)7/h1H,11-27H2,2-9H3. The van der Waals surface area contributed by atoms with Crippen LogP contribution in [0, 0.1) is 12.3 Å². The third-order valence-electron chi connectivity index (χ3n) is 5.51. The normalized spacial score (nSPS) is 11.8. The molecule has 0 aliphatic carbocycles. The molecule has 13 nitrogen and oxygen atoms in total. The summed E-state index contributed by atoms with van der Waals surface area (Å²) in [5.41, 5.74) is -1.08. The average molecular weight is 634 g/mol. The number of likely N-dealkylation sites (N-methyl/N-ethyl adjacent to an activating group) is 2. The number of carbonyl (C=O) groups excluding carboxylic acids is 2. The monoisotopic (exact) mass is 633 g/mol. The molecule has 0 aliphatic heterocycles.